The van der Waals surface area contributed by atoms with Crippen LogP contribution in [0.2, 0.25) is 10.0 Å². The van der Waals surface area contributed by atoms with Crippen LogP contribution in [0, 0.1) is 12.7 Å². The highest BCUT2D eigenvalue weighted by Gasteiger charge is 2.17. The van der Waals surface area contributed by atoms with Gasteiger partial charge in [0.05, 0.1) is 6.04 Å². The number of benzene rings is 2. The van der Waals surface area contributed by atoms with Crippen LogP contribution in [0.4, 0.5) is 4.39 Å². The SMILES string of the molecule is CNC(c1ccc(F)cc1C)c1ccc(Cl)cc1Cl. The highest BCUT2D eigenvalue weighted by molar-refractivity contribution is 6.35. The molecule has 0 fully saturated rings. The fourth-order valence-corrected chi connectivity index (χ4v) is 2.69. The van der Waals surface area contributed by atoms with Gasteiger partial charge in [0.2, 0.25) is 0 Å². The van der Waals surface area contributed by atoms with Gasteiger partial charge in [0, 0.05) is 10.0 Å². The molecule has 0 spiro atoms. The molecule has 2 rings (SSSR count). The monoisotopic (exact) mass is 297 g/mol. The molecule has 2 aromatic rings. The zero-order valence-electron chi connectivity index (χ0n) is 10.7. The Morgan fingerprint density at radius 3 is 2.32 bits per heavy atom. The van der Waals surface area contributed by atoms with Crippen molar-refractivity contribution in [2.24, 2.45) is 0 Å². The highest BCUT2D eigenvalue weighted by Crippen LogP contribution is 2.31. The van der Waals surface area contributed by atoms with Gasteiger partial charge in [-0.05, 0) is 54.9 Å². The zero-order valence-corrected chi connectivity index (χ0v) is 12.2. The van der Waals surface area contributed by atoms with E-state index in [2.05, 4.69) is 5.32 Å². The second-order valence-corrected chi connectivity index (χ2v) is 5.23. The summed E-state index contributed by atoms with van der Waals surface area (Å²) in [6, 6.07) is 10.0. The lowest BCUT2D eigenvalue weighted by molar-refractivity contribution is 0.621. The quantitative estimate of drug-likeness (QED) is 0.862. The van der Waals surface area contributed by atoms with Gasteiger partial charge >= 0.3 is 0 Å². The van der Waals surface area contributed by atoms with Crippen LogP contribution < -0.4 is 5.32 Å². The molecule has 0 radical (unpaired) electrons. The predicted octanol–water partition coefficient (Wildman–Crippen LogP) is 4.75. The molecule has 0 heterocycles. The van der Waals surface area contributed by atoms with Gasteiger partial charge in [-0.2, -0.15) is 0 Å². The first-order chi connectivity index (χ1) is 9.02. The van der Waals surface area contributed by atoms with Crippen molar-refractivity contribution in [3.63, 3.8) is 0 Å². The molecule has 0 bridgehead atoms. The Labute approximate surface area is 122 Å². The van der Waals surface area contributed by atoms with Crippen LogP contribution in [-0.4, -0.2) is 7.05 Å². The van der Waals surface area contributed by atoms with Crippen molar-refractivity contribution in [1.29, 1.82) is 0 Å². The van der Waals surface area contributed by atoms with E-state index in [4.69, 9.17) is 23.2 Å². The molecule has 0 saturated carbocycles. The predicted molar refractivity (Wildman–Crippen MR) is 78.5 cm³/mol. The molecule has 100 valence electrons. The minimum Gasteiger partial charge on any atom is -0.309 e. The Bertz CT molecular complexity index is 547. The average molecular weight is 298 g/mol. The highest BCUT2D eigenvalue weighted by atomic mass is 35.5. The molecule has 0 saturated heterocycles. The molecule has 0 aromatic heterocycles. The van der Waals surface area contributed by atoms with Gasteiger partial charge in [-0.15, -0.1) is 0 Å². The van der Waals surface area contributed by atoms with E-state index in [1.165, 1.54) is 12.1 Å². The Balaban J connectivity index is 2.50. The molecule has 1 nitrogen and oxygen atoms in total. The summed E-state index contributed by atoms with van der Waals surface area (Å²) in [5, 5.41) is 4.40. The third-order valence-electron chi connectivity index (χ3n) is 3.11. The zero-order chi connectivity index (χ0) is 14.0. The van der Waals surface area contributed by atoms with Crippen molar-refractivity contribution in [1.82, 2.24) is 5.32 Å². The molecule has 0 aliphatic heterocycles. The summed E-state index contributed by atoms with van der Waals surface area (Å²) in [7, 11) is 1.85. The molecule has 1 atom stereocenters. The van der Waals surface area contributed by atoms with E-state index in [9.17, 15) is 4.39 Å². The fraction of sp³-hybridized carbons (Fsp3) is 0.200. The van der Waals surface area contributed by atoms with Crippen molar-refractivity contribution < 1.29 is 4.39 Å². The van der Waals surface area contributed by atoms with E-state index in [0.29, 0.717) is 10.0 Å². The molecule has 2 aromatic carbocycles. The normalized spacial score (nSPS) is 12.5. The minimum absolute atomic E-state index is 0.0923. The van der Waals surface area contributed by atoms with Crippen molar-refractivity contribution in [2.75, 3.05) is 7.05 Å². The summed E-state index contributed by atoms with van der Waals surface area (Å²) in [6.45, 7) is 1.88. The van der Waals surface area contributed by atoms with Crippen molar-refractivity contribution in [3.8, 4) is 0 Å². The summed E-state index contributed by atoms with van der Waals surface area (Å²) in [5.74, 6) is -0.238. The molecule has 1 N–H and O–H groups in total. The lowest BCUT2D eigenvalue weighted by Gasteiger charge is -2.20. The summed E-state index contributed by atoms with van der Waals surface area (Å²) in [6.07, 6.45) is 0. The minimum atomic E-state index is -0.238. The molecule has 19 heavy (non-hydrogen) atoms. The van der Waals surface area contributed by atoms with Crippen LogP contribution in [0.1, 0.15) is 22.7 Å². The van der Waals surface area contributed by atoms with Crippen LogP contribution in [-0.2, 0) is 0 Å². The Morgan fingerprint density at radius 2 is 1.74 bits per heavy atom. The van der Waals surface area contributed by atoms with Crippen LogP contribution in [0.15, 0.2) is 36.4 Å². The summed E-state index contributed by atoms with van der Waals surface area (Å²) in [5.41, 5.74) is 2.79. The van der Waals surface area contributed by atoms with Gasteiger partial charge in [0.1, 0.15) is 5.82 Å². The number of hydrogen-bond acceptors (Lipinski definition) is 1. The molecule has 0 amide bonds. The standard InChI is InChI=1S/C15H14Cl2FN/c1-9-7-11(18)4-6-12(9)15(19-2)13-5-3-10(16)8-14(13)17/h3-8,15,19H,1-2H3. The Morgan fingerprint density at radius 1 is 1.05 bits per heavy atom. The van der Waals surface area contributed by atoms with E-state index < -0.39 is 0 Å². The lowest BCUT2D eigenvalue weighted by Crippen LogP contribution is -2.19. The number of rotatable bonds is 3. The van der Waals surface area contributed by atoms with Crippen LogP contribution in [0.25, 0.3) is 0 Å². The average Bonchev–Trinajstić information content (AvgIpc) is 2.34. The lowest BCUT2D eigenvalue weighted by atomic mass is 9.95. The van der Waals surface area contributed by atoms with Gasteiger partial charge in [-0.1, -0.05) is 35.3 Å². The summed E-state index contributed by atoms with van der Waals surface area (Å²) >= 11 is 12.1. The molecular formula is C15H14Cl2FN. The van der Waals surface area contributed by atoms with Crippen LogP contribution in [0.5, 0.6) is 0 Å². The maximum absolute atomic E-state index is 13.2. The van der Waals surface area contributed by atoms with Crippen LogP contribution >= 0.6 is 23.2 Å². The molecule has 0 aliphatic carbocycles. The Kier molecular flexibility index (Phi) is 4.46. The number of aryl methyl sites for hydroxylation is 1. The largest absolute Gasteiger partial charge is 0.309 e. The maximum Gasteiger partial charge on any atom is 0.123 e. The summed E-state index contributed by atoms with van der Waals surface area (Å²) in [4.78, 5) is 0. The van der Waals surface area contributed by atoms with Gasteiger partial charge in [-0.25, -0.2) is 4.39 Å². The van der Waals surface area contributed by atoms with Crippen molar-refractivity contribution in [3.05, 3.63) is 69.0 Å². The van der Waals surface area contributed by atoms with E-state index >= 15 is 0 Å². The topological polar surface area (TPSA) is 12.0 Å². The third kappa shape index (κ3) is 3.08. The van der Waals surface area contributed by atoms with Crippen molar-refractivity contribution >= 4 is 23.2 Å². The molecule has 4 heteroatoms. The second kappa shape index (κ2) is 5.91. The van der Waals surface area contributed by atoms with Gasteiger partial charge in [0.25, 0.3) is 0 Å². The second-order valence-electron chi connectivity index (χ2n) is 4.39. The Hall–Kier alpha value is -1.09. The maximum atomic E-state index is 13.2. The van der Waals surface area contributed by atoms with Gasteiger partial charge < -0.3 is 5.32 Å². The summed E-state index contributed by atoms with van der Waals surface area (Å²) < 4.78 is 13.2. The number of nitrogens with one attached hydrogen (secondary N) is 1. The van der Waals surface area contributed by atoms with Crippen molar-refractivity contribution in [2.45, 2.75) is 13.0 Å². The van der Waals surface area contributed by atoms with E-state index in [-0.39, 0.29) is 11.9 Å². The van der Waals surface area contributed by atoms with Gasteiger partial charge in [-0.3, -0.25) is 0 Å². The number of halogens is 3. The fourth-order valence-electron chi connectivity index (χ4n) is 2.18. The molecule has 0 aliphatic rings. The molecular weight excluding hydrogens is 284 g/mol. The first-order valence-corrected chi connectivity index (χ1v) is 6.66. The number of hydrogen-bond donors (Lipinski definition) is 1. The molecule has 1 unspecified atom stereocenters. The van der Waals surface area contributed by atoms with E-state index in [0.717, 1.165) is 16.7 Å². The van der Waals surface area contributed by atoms with Crippen LogP contribution in [0.3, 0.4) is 0 Å². The van der Waals surface area contributed by atoms with E-state index in [1.807, 2.05) is 20.0 Å². The third-order valence-corrected chi connectivity index (χ3v) is 3.67. The smallest absolute Gasteiger partial charge is 0.123 e. The van der Waals surface area contributed by atoms with Gasteiger partial charge in [0.15, 0.2) is 0 Å². The first kappa shape index (κ1) is 14.3. The van der Waals surface area contributed by atoms with E-state index in [1.54, 1.807) is 18.2 Å². The first-order valence-electron chi connectivity index (χ1n) is 5.91.